The van der Waals surface area contributed by atoms with Crippen molar-refractivity contribution in [3.05, 3.63) is 63.6 Å². The Morgan fingerprint density at radius 2 is 2.00 bits per heavy atom. The Labute approximate surface area is 122 Å². The lowest BCUT2D eigenvalue weighted by Crippen LogP contribution is -2.01. The molecule has 0 saturated heterocycles. The standard InChI is InChI=1S/C16H17BrO2/c1-11-6-7-16(15(8-11)12(2)18)19-10-13-4-3-5-14(17)9-13/h3-9,12,18H,10H2,1-2H3. The molecule has 0 heterocycles. The molecule has 3 heteroatoms. The molecular formula is C16H17BrO2. The maximum atomic E-state index is 9.78. The summed E-state index contributed by atoms with van der Waals surface area (Å²) < 4.78 is 6.85. The average molecular weight is 321 g/mol. The minimum absolute atomic E-state index is 0.488. The number of aliphatic hydroxyl groups excluding tert-OH is 1. The van der Waals surface area contributed by atoms with Gasteiger partial charge >= 0.3 is 0 Å². The molecule has 1 N–H and O–H groups in total. The second kappa shape index (κ2) is 6.22. The Balaban J connectivity index is 2.15. The van der Waals surface area contributed by atoms with Crippen LogP contribution in [-0.2, 0) is 6.61 Å². The third kappa shape index (κ3) is 3.82. The lowest BCUT2D eigenvalue weighted by molar-refractivity contribution is 0.190. The quantitative estimate of drug-likeness (QED) is 0.905. The summed E-state index contributed by atoms with van der Waals surface area (Å²) in [5.74, 6) is 0.737. The van der Waals surface area contributed by atoms with Crippen LogP contribution in [-0.4, -0.2) is 5.11 Å². The van der Waals surface area contributed by atoms with E-state index in [1.54, 1.807) is 6.92 Å². The van der Waals surface area contributed by atoms with Crippen molar-refractivity contribution >= 4 is 15.9 Å². The van der Waals surface area contributed by atoms with Crippen molar-refractivity contribution in [2.24, 2.45) is 0 Å². The topological polar surface area (TPSA) is 29.5 Å². The Kier molecular flexibility index (Phi) is 4.61. The minimum Gasteiger partial charge on any atom is -0.489 e. The second-order valence-corrected chi connectivity index (χ2v) is 5.55. The molecule has 0 amide bonds. The Bertz CT molecular complexity index is 564. The molecule has 19 heavy (non-hydrogen) atoms. The number of rotatable bonds is 4. The van der Waals surface area contributed by atoms with Crippen molar-refractivity contribution in [3.63, 3.8) is 0 Å². The van der Waals surface area contributed by atoms with Crippen molar-refractivity contribution in [3.8, 4) is 5.75 Å². The molecule has 2 aromatic rings. The number of aliphatic hydroxyl groups is 1. The number of ether oxygens (including phenoxy) is 1. The Hall–Kier alpha value is -1.32. The van der Waals surface area contributed by atoms with Crippen LogP contribution in [0.3, 0.4) is 0 Å². The number of halogens is 1. The van der Waals surface area contributed by atoms with E-state index in [1.165, 1.54) is 0 Å². The molecule has 0 saturated carbocycles. The fraction of sp³-hybridized carbons (Fsp3) is 0.250. The summed E-state index contributed by atoms with van der Waals surface area (Å²) in [6.45, 7) is 4.24. The smallest absolute Gasteiger partial charge is 0.125 e. The van der Waals surface area contributed by atoms with Gasteiger partial charge in [0.25, 0.3) is 0 Å². The van der Waals surface area contributed by atoms with Crippen molar-refractivity contribution in [2.45, 2.75) is 26.6 Å². The Morgan fingerprint density at radius 3 is 2.68 bits per heavy atom. The van der Waals surface area contributed by atoms with E-state index in [4.69, 9.17) is 4.74 Å². The molecule has 2 rings (SSSR count). The second-order valence-electron chi connectivity index (χ2n) is 4.64. The Morgan fingerprint density at radius 1 is 1.21 bits per heavy atom. The van der Waals surface area contributed by atoms with Crippen LogP contribution in [0.25, 0.3) is 0 Å². The predicted molar refractivity (Wildman–Crippen MR) is 80.3 cm³/mol. The molecule has 0 radical (unpaired) electrons. The highest BCUT2D eigenvalue weighted by Gasteiger charge is 2.09. The first-order chi connectivity index (χ1) is 9.06. The van der Waals surface area contributed by atoms with E-state index in [-0.39, 0.29) is 0 Å². The van der Waals surface area contributed by atoms with Gasteiger partial charge in [0.1, 0.15) is 12.4 Å². The maximum Gasteiger partial charge on any atom is 0.125 e. The largest absolute Gasteiger partial charge is 0.489 e. The van der Waals surface area contributed by atoms with Gasteiger partial charge in [-0.25, -0.2) is 0 Å². The predicted octanol–water partition coefficient (Wildman–Crippen LogP) is 4.39. The zero-order chi connectivity index (χ0) is 13.8. The highest BCUT2D eigenvalue weighted by Crippen LogP contribution is 2.27. The van der Waals surface area contributed by atoms with Gasteiger partial charge in [0.15, 0.2) is 0 Å². The first-order valence-electron chi connectivity index (χ1n) is 6.22. The van der Waals surface area contributed by atoms with E-state index in [0.29, 0.717) is 6.61 Å². The van der Waals surface area contributed by atoms with Gasteiger partial charge in [-0.05, 0) is 43.7 Å². The van der Waals surface area contributed by atoms with E-state index in [1.807, 2.05) is 49.4 Å². The van der Waals surface area contributed by atoms with Gasteiger partial charge in [0.05, 0.1) is 6.10 Å². The van der Waals surface area contributed by atoms with Crippen LogP contribution in [0.15, 0.2) is 46.9 Å². The monoisotopic (exact) mass is 320 g/mol. The summed E-state index contributed by atoms with van der Waals surface area (Å²) in [5.41, 5.74) is 3.03. The number of aryl methyl sites for hydroxylation is 1. The summed E-state index contributed by atoms with van der Waals surface area (Å²) >= 11 is 3.44. The molecule has 2 nitrogen and oxygen atoms in total. The summed E-state index contributed by atoms with van der Waals surface area (Å²) in [7, 11) is 0. The van der Waals surface area contributed by atoms with Crippen molar-refractivity contribution in [1.29, 1.82) is 0 Å². The number of benzene rings is 2. The van der Waals surface area contributed by atoms with Gasteiger partial charge in [0.2, 0.25) is 0 Å². The van der Waals surface area contributed by atoms with Crippen LogP contribution in [0, 0.1) is 6.92 Å². The first kappa shape index (κ1) is 14.1. The van der Waals surface area contributed by atoms with Crippen LogP contribution in [0.2, 0.25) is 0 Å². The molecule has 0 aromatic heterocycles. The van der Waals surface area contributed by atoms with Gasteiger partial charge < -0.3 is 9.84 Å². The average Bonchev–Trinajstić information content (AvgIpc) is 2.37. The molecule has 0 fully saturated rings. The summed E-state index contributed by atoms with van der Waals surface area (Å²) in [4.78, 5) is 0. The molecule has 100 valence electrons. The van der Waals surface area contributed by atoms with Gasteiger partial charge in [0, 0.05) is 10.0 Å². The molecule has 0 bridgehead atoms. The number of hydrogen-bond acceptors (Lipinski definition) is 2. The maximum absolute atomic E-state index is 9.78. The molecule has 1 atom stereocenters. The fourth-order valence-electron chi connectivity index (χ4n) is 1.91. The summed E-state index contributed by atoms with van der Waals surface area (Å²) in [5, 5.41) is 9.78. The lowest BCUT2D eigenvalue weighted by Gasteiger charge is -2.14. The molecule has 0 aliphatic heterocycles. The molecule has 1 unspecified atom stereocenters. The van der Waals surface area contributed by atoms with E-state index in [2.05, 4.69) is 15.9 Å². The van der Waals surface area contributed by atoms with Crippen molar-refractivity contribution < 1.29 is 9.84 Å². The summed E-state index contributed by atoms with van der Waals surface area (Å²) in [6, 6.07) is 13.9. The molecule has 0 spiro atoms. The number of hydrogen-bond donors (Lipinski definition) is 1. The van der Waals surface area contributed by atoms with E-state index >= 15 is 0 Å². The van der Waals surface area contributed by atoms with Crippen LogP contribution in [0.5, 0.6) is 5.75 Å². The van der Waals surface area contributed by atoms with Crippen molar-refractivity contribution in [2.75, 3.05) is 0 Å². The van der Waals surface area contributed by atoms with Crippen LogP contribution in [0.1, 0.15) is 29.7 Å². The van der Waals surface area contributed by atoms with Gasteiger partial charge in [-0.15, -0.1) is 0 Å². The van der Waals surface area contributed by atoms with Gasteiger partial charge in [-0.2, -0.15) is 0 Å². The first-order valence-corrected chi connectivity index (χ1v) is 7.01. The molecular weight excluding hydrogens is 304 g/mol. The molecule has 0 aliphatic rings. The zero-order valence-electron chi connectivity index (χ0n) is 11.1. The van der Waals surface area contributed by atoms with Crippen LogP contribution < -0.4 is 4.74 Å². The van der Waals surface area contributed by atoms with E-state index in [9.17, 15) is 5.11 Å². The normalized spacial score (nSPS) is 12.2. The minimum atomic E-state index is -0.530. The van der Waals surface area contributed by atoms with Crippen LogP contribution in [0.4, 0.5) is 0 Å². The molecule has 0 aliphatic carbocycles. The lowest BCUT2D eigenvalue weighted by atomic mass is 10.1. The highest BCUT2D eigenvalue weighted by atomic mass is 79.9. The highest BCUT2D eigenvalue weighted by molar-refractivity contribution is 9.10. The van der Waals surface area contributed by atoms with Gasteiger partial charge in [-0.3, -0.25) is 0 Å². The van der Waals surface area contributed by atoms with Gasteiger partial charge in [-0.1, -0.05) is 39.7 Å². The third-order valence-corrected chi connectivity index (χ3v) is 3.39. The molecule has 2 aromatic carbocycles. The fourth-order valence-corrected chi connectivity index (χ4v) is 2.36. The van der Waals surface area contributed by atoms with E-state index < -0.39 is 6.10 Å². The summed E-state index contributed by atoms with van der Waals surface area (Å²) in [6.07, 6.45) is -0.530. The zero-order valence-corrected chi connectivity index (χ0v) is 12.6. The SMILES string of the molecule is Cc1ccc(OCc2cccc(Br)c2)c(C(C)O)c1. The van der Waals surface area contributed by atoms with Crippen molar-refractivity contribution in [1.82, 2.24) is 0 Å². The van der Waals surface area contributed by atoms with Crippen LogP contribution >= 0.6 is 15.9 Å². The van der Waals surface area contributed by atoms with E-state index in [0.717, 1.165) is 26.9 Å². The third-order valence-electron chi connectivity index (χ3n) is 2.90.